The summed E-state index contributed by atoms with van der Waals surface area (Å²) < 4.78 is 10.6. The monoisotopic (exact) mass is 391 g/mol. The van der Waals surface area contributed by atoms with Gasteiger partial charge in [-0.3, -0.25) is 19.3 Å². The van der Waals surface area contributed by atoms with E-state index >= 15 is 0 Å². The van der Waals surface area contributed by atoms with E-state index in [-0.39, 0.29) is 24.8 Å². The summed E-state index contributed by atoms with van der Waals surface area (Å²) in [4.78, 5) is 43.4. The van der Waals surface area contributed by atoms with Crippen molar-refractivity contribution in [1.82, 2.24) is 9.88 Å². The average Bonchev–Trinajstić information content (AvgIpc) is 3.36. The summed E-state index contributed by atoms with van der Waals surface area (Å²) in [7, 11) is 0. The first-order valence-electron chi connectivity index (χ1n) is 8.67. The first-order valence-corrected chi connectivity index (χ1v) is 9.55. The van der Waals surface area contributed by atoms with Gasteiger partial charge >= 0.3 is 5.97 Å². The van der Waals surface area contributed by atoms with Crippen LogP contribution in [0, 0.1) is 5.92 Å². The third-order valence-electron chi connectivity index (χ3n) is 4.30. The standard InChI is InChI=1S/C18H21N3O5S/c1-3-21(12(2)22)18-19-14(11-27-18)10-26-17(24)13-7-16(23)20(8-13)9-15-5-4-6-25-15/h4-6,11,13H,3,7-10H2,1-2H3. The summed E-state index contributed by atoms with van der Waals surface area (Å²) in [6.45, 7) is 4.56. The smallest absolute Gasteiger partial charge is 0.311 e. The highest BCUT2D eigenvalue weighted by molar-refractivity contribution is 7.14. The molecular weight excluding hydrogens is 370 g/mol. The third-order valence-corrected chi connectivity index (χ3v) is 5.22. The molecule has 3 heterocycles. The maximum absolute atomic E-state index is 12.3. The van der Waals surface area contributed by atoms with Crippen LogP contribution < -0.4 is 4.90 Å². The Hall–Kier alpha value is -2.68. The van der Waals surface area contributed by atoms with Crippen LogP contribution in [0.4, 0.5) is 5.13 Å². The van der Waals surface area contributed by atoms with Gasteiger partial charge in [0.05, 0.1) is 24.4 Å². The van der Waals surface area contributed by atoms with Gasteiger partial charge in [0.15, 0.2) is 5.13 Å². The number of carbonyl (C=O) groups excluding carboxylic acids is 3. The van der Waals surface area contributed by atoms with E-state index in [4.69, 9.17) is 9.15 Å². The normalized spacial score (nSPS) is 16.6. The molecule has 0 bridgehead atoms. The van der Waals surface area contributed by atoms with Crippen LogP contribution in [0.1, 0.15) is 31.7 Å². The van der Waals surface area contributed by atoms with Crippen LogP contribution in [-0.2, 0) is 32.3 Å². The Morgan fingerprint density at radius 2 is 2.30 bits per heavy atom. The lowest BCUT2D eigenvalue weighted by molar-refractivity contribution is -0.149. The molecule has 2 aromatic rings. The van der Waals surface area contributed by atoms with Crippen LogP contribution >= 0.6 is 11.3 Å². The summed E-state index contributed by atoms with van der Waals surface area (Å²) in [6, 6.07) is 3.55. The van der Waals surface area contributed by atoms with Gasteiger partial charge in [-0.2, -0.15) is 0 Å². The van der Waals surface area contributed by atoms with Crippen molar-refractivity contribution in [2.24, 2.45) is 5.92 Å². The number of furan rings is 1. The molecule has 0 saturated carbocycles. The van der Waals surface area contributed by atoms with E-state index in [0.717, 1.165) is 0 Å². The number of nitrogens with zero attached hydrogens (tertiary/aromatic N) is 3. The zero-order valence-corrected chi connectivity index (χ0v) is 16.0. The number of ether oxygens (including phenoxy) is 1. The van der Waals surface area contributed by atoms with Crippen LogP contribution in [0.3, 0.4) is 0 Å². The van der Waals surface area contributed by atoms with Gasteiger partial charge in [-0.15, -0.1) is 11.3 Å². The number of rotatable bonds is 7. The molecule has 1 unspecified atom stereocenters. The minimum absolute atomic E-state index is 0.0215. The van der Waals surface area contributed by atoms with Crippen molar-refractivity contribution in [3.05, 3.63) is 35.2 Å². The van der Waals surface area contributed by atoms with E-state index in [1.54, 1.807) is 33.6 Å². The maximum atomic E-state index is 12.3. The number of thiazole rings is 1. The van der Waals surface area contributed by atoms with Gasteiger partial charge in [0.1, 0.15) is 12.4 Å². The molecule has 3 rings (SSSR count). The number of anilines is 1. The van der Waals surface area contributed by atoms with Gasteiger partial charge in [-0.05, 0) is 19.1 Å². The van der Waals surface area contributed by atoms with Gasteiger partial charge in [-0.1, -0.05) is 0 Å². The molecule has 8 nitrogen and oxygen atoms in total. The predicted octanol–water partition coefficient (Wildman–Crippen LogP) is 2.20. The Morgan fingerprint density at radius 3 is 2.96 bits per heavy atom. The fourth-order valence-corrected chi connectivity index (χ4v) is 3.83. The Balaban J connectivity index is 1.52. The lowest BCUT2D eigenvalue weighted by Crippen LogP contribution is -2.27. The van der Waals surface area contributed by atoms with Crippen molar-refractivity contribution >= 4 is 34.3 Å². The summed E-state index contributed by atoms with van der Waals surface area (Å²) in [5, 5.41) is 2.34. The summed E-state index contributed by atoms with van der Waals surface area (Å²) >= 11 is 1.33. The van der Waals surface area contributed by atoms with Crippen molar-refractivity contribution in [1.29, 1.82) is 0 Å². The first kappa shape index (κ1) is 19.1. The number of hydrogen-bond donors (Lipinski definition) is 0. The highest BCUT2D eigenvalue weighted by atomic mass is 32.1. The molecule has 27 heavy (non-hydrogen) atoms. The molecule has 1 atom stereocenters. The Bertz CT molecular complexity index is 817. The predicted molar refractivity (Wildman–Crippen MR) is 97.8 cm³/mol. The van der Waals surface area contributed by atoms with Gasteiger partial charge in [0.25, 0.3) is 0 Å². The van der Waals surface area contributed by atoms with Crippen molar-refractivity contribution in [3.8, 4) is 0 Å². The zero-order chi connectivity index (χ0) is 19.4. The van der Waals surface area contributed by atoms with Crippen molar-refractivity contribution < 1.29 is 23.5 Å². The molecule has 0 N–H and O–H groups in total. The molecule has 1 saturated heterocycles. The molecule has 0 radical (unpaired) electrons. The first-order chi connectivity index (χ1) is 13.0. The highest BCUT2D eigenvalue weighted by Crippen LogP contribution is 2.24. The van der Waals surface area contributed by atoms with Crippen LogP contribution in [0.2, 0.25) is 0 Å². The Labute approximate surface area is 160 Å². The molecule has 9 heteroatoms. The second kappa shape index (κ2) is 8.34. The molecule has 2 aromatic heterocycles. The van der Waals surface area contributed by atoms with Gasteiger partial charge < -0.3 is 14.1 Å². The quantitative estimate of drug-likeness (QED) is 0.672. The van der Waals surface area contributed by atoms with Crippen LogP contribution in [0.25, 0.3) is 0 Å². The number of aromatic nitrogens is 1. The van der Waals surface area contributed by atoms with Crippen LogP contribution in [-0.4, -0.2) is 40.8 Å². The highest BCUT2D eigenvalue weighted by Gasteiger charge is 2.35. The van der Waals surface area contributed by atoms with E-state index in [2.05, 4.69) is 4.98 Å². The van der Waals surface area contributed by atoms with Gasteiger partial charge in [-0.25, -0.2) is 4.98 Å². The lowest BCUT2D eigenvalue weighted by atomic mass is 10.1. The Morgan fingerprint density at radius 1 is 1.48 bits per heavy atom. The van der Waals surface area contributed by atoms with E-state index in [0.29, 0.717) is 36.2 Å². The largest absolute Gasteiger partial charge is 0.467 e. The number of carbonyl (C=O) groups is 3. The van der Waals surface area contributed by atoms with Crippen molar-refractivity contribution in [3.63, 3.8) is 0 Å². The summed E-state index contributed by atoms with van der Waals surface area (Å²) in [6.07, 6.45) is 1.69. The molecule has 1 aliphatic heterocycles. The molecule has 0 aliphatic carbocycles. The zero-order valence-electron chi connectivity index (χ0n) is 15.2. The number of likely N-dealkylation sites (tertiary alicyclic amines) is 1. The van der Waals surface area contributed by atoms with Crippen molar-refractivity contribution in [2.75, 3.05) is 18.0 Å². The average molecular weight is 391 g/mol. The van der Waals surface area contributed by atoms with E-state index in [9.17, 15) is 14.4 Å². The van der Waals surface area contributed by atoms with E-state index in [1.165, 1.54) is 18.3 Å². The van der Waals surface area contributed by atoms with Gasteiger partial charge in [0, 0.05) is 31.8 Å². The van der Waals surface area contributed by atoms with Crippen LogP contribution in [0.5, 0.6) is 0 Å². The lowest BCUT2D eigenvalue weighted by Gasteiger charge is -2.15. The Kier molecular flexibility index (Phi) is 5.90. The summed E-state index contributed by atoms with van der Waals surface area (Å²) in [5.74, 6) is -0.409. The second-order valence-electron chi connectivity index (χ2n) is 6.25. The minimum Gasteiger partial charge on any atom is -0.467 e. The maximum Gasteiger partial charge on any atom is 0.311 e. The second-order valence-corrected chi connectivity index (χ2v) is 7.08. The van der Waals surface area contributed by atoms with Crippen LogP contribution in [0.15, 0.2) is 28.2 Å². The SMILES string of the molecule is CCN(C(C)=O)c1nc(COC(=O)C2CC(=O)N(Cc3ccco3)C2)cs1. The molecule has 1 aliphatic rings. The molecule has 2 amide bonds. The molecule has 144 valence electrons. The molecule has 1 fully saturated rings. The van der Waals surface area contributed by atoms with E-state index in [1.807, 2.05) is 6.92 Å². The molecule has 0 aromatic carbocycles. The number of amides is 2. The topological polar surface area (TPSA) is 93.0 Å². The molecule has 0 spiro atoms. The van der Waals surface area contributed by atoms with E-state index < -0.39 is 11.9 Å². The summed E-state index contributed by atoms with van der Waals surface area (Å²) in [5.41, 5.74) is 0.583. The van der Waals surface area contributed by atoms with Gasteiger partial charge in [0.2, 0.25) is 11.8 Å². The fourth-order valence-electron chi connectivity index (χ4n) is 2.92. The minimum atomic E-state index is -0.491. The fraction of sp³-hybridized carbons (Fsp3) is 0.444. The third kappa shape index (κ3) is 4.54. The van der Waals surface area contributed by atoms with Crippen molar-refractivity contribution in [2.45, 2.75) is 33.4 Å². The number of hydrogen-bond acceptors (Lipinski definition) is 7. The number of esters is 1. The molecular formula is C18H21N3O5S.